The van der Waals surface area contributed by atoms with Crippen LogP contribution < -0.4 is 5.56 Å². The monoisotopic (exact) mass is 376 g/mol. The first-order chi connectivity index (χ1) is 12.2. The highest BCUT2D eigenvalue weighted by Crippen LogP contribution is 2.35. The van der Waals surface area contributed by atoms with Crippen LogP contribution in [0.5, 0.6) is 0 Å². The highest BCUT2D eigenvalue weighted by molar-refractivity contribution is 7.98. The van der Waals surface area contributed by atoms with Crippen LogP contribution in [0.25, 0.3) is 10.2 Å². The molecule has 25 heavy (non-hydrogen) atoms. The first-order valence-electron chi connectivity index (χ1n) is 8.70. The summed E-state index contributed by atoms with van der Waals surface area (Å²) in [5, 5.41) is 5.51. The van der Waals surface area contributed by atoms with Gasteiger partial charge in [-0.05, 0) is 31.2 Å². The van der Waals surface area contributed by atoms with E-state index in [9.17, 15) is 4.79 Å². The lowest BCUT2D eigenvalue weighted by Gasteiger charge is -2.10. The predicted molar refractivity (Wildman–Crippen MR) is 99.4 cm³/mol. The van der Waals surface area contributed by atoms with Gasteiger partial charge < -0.3 is 4.52 Å². The predicted octanol–water partition coefficient (Wildman–Crippen LogP) is 3.59. The van der Waals surface area contributed by atoms with Crippen LogP contribution >= 0.6 is 23.1 Å². The average Bonchev–Trinajstić information content (AvgIpc) is 3.30. The van der Waals surface area contributed by atoms with E-state index in [1.54, 1.807) is 11.3 Å². The molecule has 0 N–H and O–H groups in total. The Hall–Kier alpha value is -1.67. The number of aromatic nitrogens is 4. The van der Waals surface area contributed by atoms with E-state index in [1.165, 1.54) is 22.2 Å². The number of hydrogen-bond acceptors (Lipinski definition) is 7. The average molecular weight is 377 g/mol. The Labute approximate surface area is 153 Å². The molecule has 6 nitrogen and oxygen atoms in total. The van der Waals surface area contributed by atoms with E-state index < -0.39 is 0 Å². The third-order valence-corrected chi connectivity index (χ3v) is 6.54. The summed E-state index contributed by atoms with van der Waals surface area (Å²) in [6, 6.07) is 0. The summed E-state index contributed by atoms with van der Waals surface area (Å²) in [5.74, 6) is 1.81. The number of thioether (sulfide) groups is 1. The second-order valence-corrected chi connectivity index (χ2v) is 8.16. The Balaban J connectivity index is 1.71. The maximum absolute atomic E-state index is 13.1. The van der Waals surface area contributed by atoms with Crippen LogP contribution in [0, 0.1) is 0 Å². The van der Waals surface area contributed by atoms with E-state index in [-0.39, 0.29) is 5.56 Å². The lowest BCUT2D eigenvalue weighted by atomic mass is 10.2. The van der Waals surface area contributed by atoms with Gasteiger partial charge in [-0.25, -0.2) is 4.98 Å². The van der Waals surface area contributed by atoms with Gasteiger partial charge in [0.15, 0.2) is 11.0 Å². The van der Waals surface area contributed by atoms with E-state index >= 15 is 0 Å². The van der Waals surface area contributed by atoms with Gasteiger partial charge in [0.25, 0.3) is 5.56 Å². The van der Waals surface area contributed by atoms with Gasteiger partial charge in [0.2, 0.25) is 5.89 Å². The zero-order valence-electron chi connectivity index (χ0n) is 14.4. The van der Waals surface area contributed by atoms with Crippen molar-refractivity contribution in [3.63, 3.8) is 0 Å². The number of thiophene rings is 1. The first kappa shape index (κ1) is 16.8. The van der Waals surface area contributed by atoms with E-state index in [1.807, 2.05) is 11.5 Å². The number of nitrogens with zero attached hydrogens (tertiary/aromatic N) is 4. The van der Waals surface area contributed by atoms with Crippen molar-refractivity contribution in [3.8, 4) is 0 Å². The van der Waals surface area contributed by atoms with Gasteiger partial charge in [-0.15, -0.1) is 11.3 Å². The second kappa shape index (κ2) is 6.92. The van der Waals surface area contributed by atoms with E-state index in [0.29, 0.717) is 24.0 Å². The lowest BCUT2D eigenvalue weighted by Crippen LogP contribution is -2.23. The summed E-state index contributed by atoms with van der Waals surface area (Å²) in [5.41, 5.74) is 1.34. The molecule has 0 fully saturated rings. The smallest absolute Gasteiger partial charge is 0.263 e. The van der Waals surface area contributed by atoms with Gasteiger partial charge in [0, 0.05) is 17.8 Å². The van der Waals surface area contributed by atoms with Crippen molar-refractivity contribution in [2.75, 3.05) is 0 Å². The van der Waals surface area contributed by atoms with Crippen molar-refractivity contribution in [2.45, 2.75) is 63.4 Å². The molecular formula is C17H20N4O2S2. The van der Waals surface area contributed by atoms with Crippen molar-refractivity contribution < 1.29 is 4.52 Å². The summed E-state index contributed by atoms with van der Waals surface area (Å²) >= 11 is 3.18. The molecule has 1 aliphatic rings. The van der Waals surface area contributed by atoms with Gasteiger partial charge in [0.05, 0.1) is 11.1 Å². The molecule has 3 aromatic rings. The van der Waals surface area contributed by atoms with Gasteiger partial charge in [0.1, 0.15) is 4.83 Å². The fourth-order valence-corrected chi connectivity index (χ4v) is 5.37. The zero-order chi connectivity index (χ0) is 17.4. The third-order valence-electron chi connectivity index (χ3n) is 4.39. The Kier molecular flexibility index (Phi) is 4.64. The maximum Gasteiger partial charge on any atom is 0.263 e. The summed E-state index contributed by atoms with van der Waals surface area (Å²) < 4.78 is 7.06. The molecule has 0 saturated carbocycles. The largest absolute Gasteiger partial charge is 0.338 e. The molecule has 1 aliphatic carbocycles. The zero-order valence-corrected chi connectivity index (χ0v) is 16.0. The molecule has 0 unspecified atom stereocenters. The fourth-order valence-electron chi connectivity index (χ4n) is 3.21. The lowest BCUT2D eigenvalue weighted by molar-refractivity contribution is 0.385. The summed E-state index contributed by atoms with van der Waals surface area (Å²) in [6.45, 7) is 4.75. The molecule has 0 spiro atoms. The molecule has 0 aliphatic heterocycles. The number of hydrogen-bond donors (Lipinski definition) is 0. The first-order valence-corrected chi connectivity index (χ1v) is 10.5. The minimum absolute atomic E-state index is 0.105. The Bertz CT molecular complexity index is 973. The topological polar surface area (TPSA) is 73.8 Å². The van der Waals surface area contributed by atoms with Gasteiger partial charge in [-0.1, -0.05) is 30.8 Å². The van der Waals surface area contributed by atoms with Crippen LogP contribution in [-0.4, -0.2) is 19.7 Å². The molecule has 8 heteroatoms. The van der Waals surface area contributed by atoms with Crippen molar-refractivity contribution in [2.24, 2.45) is 0 Å². The molecule has 4 rings (SSSR count). The minimum Gasteiger partial charge on any atom is -0.338 e. The number of fused-ring (bicyclic) bond motifs is 3. The van der Waals surface area contributed by atoms with E-state index in [0.717, 1.165) is 47.5 Å². The van der Waals surface area contributed by atoms with Crippen molar-refractivity contribution in [1.29, 1.82) is 0 Å². The van der Waals surface area contributed by atoms with Gasteiger partial charge >= 0.3 is 0 Å². The van der Waals surface area contributed by atoms with E-state index in [2.05, 4.69) is 17.1 Å². The Morgan fingerprint density at radius 1 is 1.28 bits per heavy atom. The summed E-state index contributed by atoms with van der Waals surface area (Å²) in [4.78, 5) is 24.5. The van der Waals surface area contributed by atoms with Crippen LogP contribution in [0.2, 0.25) is 0 Å². The normalized spacial score (nSPS) is 13.7. The van der Waals surface area contributed by atoms with Crippen LogP contribution in [-0.2, 0) is 31.6 Å². The van der Waals surface area contributed by atoms with Crippen LogP contribution in [0.4, 0.5) is 0 Å². The molecule has 0 radical (unpaired) electrons. The maximum atomic E-state index is 13.1. The fraction of sp³-hybridized carbons (Fsp3) is 0.529. The standard InChI is InChI=1S/C17H20N4O2S2/c1-3-8-21-16(22)14-10-6-5-7-11(10)25-15(14)19-17(21)24-9-13-18-12(4-2)20-23-13/h3-9H2,1-2H3. The molecule has 132 valence electrons. The number of aryl methyl sites for hydroxylation is 3. The number of rotatable bonds is 6. The van der Waals surface area contributed by atoms with Gasteiger partial charge in [-0.3, -0.25) is 9.36 Å². The third kappa shape index (κ3) is 3.01. The molecule has 0 bridgehead atoms. The SMILES string of the molecule is CCCn1c(SCc2nc(CC)no2)nc2sc3c(c2c1=O)CCC3. The van der Waals surface area contributed by atoms with Gasteiger partial charge in [-0.2, -0.15) is 4.98 Å². The highest BCUT2D eigenvalue weighted by atomic mass is 32.2. The molecule has 0 atom stereocenters. The van der Waals surface area contributed by atoms with Crippen molar-refractivity contribution >= 4 is 33.3 Å². The van der Waals surface area contributed by atoms with Crippen LogP contribution in [0.3, 0.4) is 0 Å². The quantitative estimate of drug-likeness (QED) is 0.483. The molecule has 0 saturated heterocycles. The summed E-state index contributed by atoms with van der Waals surface area (Å²) in [6.07, 6.45) is 4.88. The minimum atomic E-state index is 0.105. The van der Waals surface area contributed by atoms with E-state index in [4.69, 9.17) is 9.51 Å². The van der Waals surface area contributed by atoms with Crippen molar-refractivity contribution in [3.05, 3.63) is 32.5 Å². The highest BCUT2D eigenvalue weighted by Gasteiger charge is 2.23. The molecule has 0 aromatic carbocycles. The van der Waals surface area contributed by atoms with Crippen LogP contribution in [0.15, 0.2) is 14.5 Å². The van der Waals surface area contributed by atoms with Crippen molar-refractivity contribution in [1.82, 2.24) is 19.7 Å². The Morgan fingerprint density at radius 2 is 2.16 bits per heavy atom. The molecule has 3 aromatic heterocycles. The second-order valence-electron chi connectivity index (χ2n) is 6.14. The summed E-state index contributed by atoms with van der Waals surface area (Å²) in [7, 11) is 0. The Morgan fingerprint density at radius 3 is 2.92 bits per heavy atom. The molecular weight excluding hydrogens is 356 g/mol. The molecule has 3 heterocycles. The molecule has 0 amide bonds. The van der Waals surface area contributed by atoms with Crippen LogP contribution in [0.1, 0.15) is 48.8 Å².